The minimum atomic E-state index is -3.78. The van der Waals surface area contributed by atoms with Crippen LogP contribution in [0.3, 0.4) is 0 Å². The van der Waals surface area contributed by atoms with Gasteiger partial charge in [-0.05, 0) is 43.5 Å². The van der Waals surface area contributed by atoms with Gasteiger partial charge in [0, 0.05) is 30.0 Å². The molecule has 2 N–H and O–H groups in total. The number of nitrogens with one attached hydrogen (secondary N) is 2. The molecule has 0 aliphatic carbocycles. The number of hydrogen-bond acceptors (Lipinski definition) is 5. The number of benzene rings is 1. The molecule has 0 saturated carbocycles. The number of carbonyl (C=O) groups excluding carboxylic acids is 1. The molecule has 28 heavy (non-hydrogen) atoms. The van der Waals surface area contributed by atoms with Crippen molar-refractivity contribution in [2.24, 2.45) is 0 Å². The average molecular weight is 422 g/mol. The van der Waals surface area contributed by atoms with Gasteiger partial charge in [0.15, 0.2) is 5.65 Å². The van der Waals surface area contributed by atoms with E-state index in [2.05, 4.69) is 20.1 Å². The molecule has 10 heteroatoms. The van der Waals surface area contributed by atoms with E-state index in [9.17, 15) is 13.2 Å². The SMILES string of the molecule is Cc1cc2ncc(CCCNC(=O)CNS(=O)(=O)c3cccc(Cl)c3)cn2n1. The molecule has 2 heterocycles. The van der Waals surface area contributed by atoms with E-state index in [0.717, 1.165) is 23.3 Å². The number of aryl methyl sites for hydroxylation is 2. The number of amides is 1. The summed E-state index contributed by atoms with van der Waals surface area (Å²) in [4.78, 5) is 16.2. The maximum absolute atomic E-state index is 12.1. The van der Waals surface area contributed by atoms with Gasteiger partial charge in [0.05, 0.1) is 17.1 Å². The van der Waals surface area contributed by atoms with Crippen LogP contribution < -0.4 is 10.0 Å². The highest BCUT2D eigenvalue weighted by atomic mass is 35.5. The van der Waals surface area contributed by atoms with Crippen LogP contribution in [0.15, 0.2) is 47.6 Å². The average Bonchev–Trinajstić information content (AvgIpc) is 3.03. The Morgan fingerprint density at radius 3 is 2.89 bits per heavy atom. The van der Waals surface area contributed by atoms with Gasteiger partial charge >= 0.3 is 0 Å². The van der Waals surface area contributed by atoms with Crippen LogP contribution in [0.4, 0.5) is 0 Å². The van der Waals surface area contributed by atoms with Gasteiger partial charge in [0.25, 0.3) is 0 Å². The summed E-state index contributed by atoms with van der Waals surface area (Å²) in [6, 6.07) is 7.75. The van der Waals surface area contributed by atoms with Crippen molar-refractivity contribution in [3.8, 4) is 0 Å². The van der Waals surface area contributed by atoms with Crippen LogP contribution in [0.2, 0.25) is 5.02 Å². The number of rotatable bonds is 8. The maximum atomic E-state index is 12.1. The molecular weight excluding hydrogens is 402 g/mol. The highest BCUT2D eigenvalue weighted by molar-refractivity contribution is 7.89. The molecule has 0 spiro atoms. The molecule has 0 bridgehead atoms. The second-order valence-corrected chi connectivity index (χ2v) is 8.49. The molecule has 0 aliphatic heterocycles. The first-order valence-corrected chi connectivity index (χ1v) is 10.5. The zero-order valence-corrected chi connectivity index (χ0v) is 16.8. The predicted octanol–water partition coefficient (Wildman–Crippen LogP) is 1.72. The molecule has 1 aromatic carbocycles. The molecule has 1 amide bonds. The van der Waals surface area contributed by atoms with Gasteiger partial charge in [0.1, 0.15) is 0 Å². The second-order valence-electron chi connectivity index (χ2n) is 6.29. The third-order valence-corrected chi connectivity index (χ3v) is 5.62. The van der Waals surface area contributed by atoms with E-state index in [1.807, 2.05) is 19.2 Å². The lowest BCUT2D eigenvalue weighted by molar-refractivity contribution is -0.119. The number of sulfonamides is 1. The van der Waals surface area contributed by atoms with Gasteiger partial charge < -0.3 is 5.32 Å². The Hall–Kier alpha value is -2.49. The van der Waals surface area contributed by atoms with Gasteiger partial charge in [-0.2, -0.15) is 5.10 Å². The molecule has 0 saturated heterocycles. The highest BCUT2D eigenvalue weighted by Crippen LogP contribution is 2.14. The minimum absolute atomic E-state index is 0.0181. The summed E-state index contributed by atoms with van der Waals surface area (Å²) < 4.78 is 28.3. The summed E-state index contributed by atoms with van der Waals surface area (Å²) in [6.07, 6.45) is 5.12. The molecule has 2 aromatic heterocycles. The predicted molar refractivity (Wildman–Crippen MR) is 106 cm³/mol. The number of hydrogen-bond donors (Lipinski definition) is 2. The first-order valence-electron chi connectivity index (χ1n) is 8.66. The lowest BCUT2D eigenvalue weighted by Gasteiger charge is -2.08. The monoisotopic (exact) mass is 421 g/mol. The molecule has 0 aliphatic rings. The molecule has 0 radical (unpaired) electrons. The fourth-order valence-corrected chi connectivity index (χ4v) is 3.91. The summed E-state index contributed by atoms with van der Waals surface area (Å²) in [7, 11) is -3.78. The molecule has 148 valence electrons. The van der Waals surface area contributed by atoms with Crippen LogP contribution in [0.1, 0.15) is 17.7 Å². The first kappa shape index (κ1) is 20.2. The Bertz CT molecular complexity index is 1100. The fraction of sp³-hybridized carbons (Fsp3) is 0.278. The van der Waals surface area contributed by atoms with Gasteiger partial charge in [-0.3, -0.25) is 4.79 Å². The van der Waals surface area contributed by atoms with Crippen molar-refractivity contribution in [1.29, 1.82) is 0 Å². The zero-order valence-electron chi connectivity index (χ0n) is 15.2. The maximum Gasteiger partial charge on any atom is 0.241 e. The van der Waals surface area contributed by atoms with E-state index in [-0.39, 0.29) is 11.4 Å². The lowest BCUT2D eigenvalue weighted by Crippen LogP contribution is -2.37. The molecule has 8 nitrogen and oxygen atoms in total. The summed E-state index contributed by atoms with van der Waals surface area (Å²) in [5.74, 6) is -0.401. The normalized spacial score (nSPS) is 11.6. The number of nitrogens with zero attached hydrogens (tertiary/aromatic N) is 3. The summed E-state index contributed by atoms with van der Waals surface area (Å²) in [5, 5.41) is 7.32. The van der Waals surface area contributed by atoms with E-state index >= 15 is 0 Å². The Labute approximate surface area is 168 Å². The van der Waals surface area contributed by atoms with Gasteiger partial charge in [-0.15, -0.1) is 0 Å². The van der Waals surface area contributed by atoms with E-state index in [4.69, 9.17) is 11.6 Å². The molecule has 3 rings (SSSR count). The van der Waals surface area contributed by atoms with E-state index in [1.165, 1.54) is 18.2 Å². The Morgan fingerprint density at radius 2 is 2.11 bits per heavy atom. The van der Waals surface area contributed by atoms with Crippen LogP contribution in [0.25, 0.3) is 5.65 Å². The number of carbonyl (C=O) groups is 1. The minimum Gasteiger partial charge on any atom is -0.355 e. The number of fused-ring (bicyclic) bond motifs is 1. The molecule has 0 atom stereocenters. The van der Waals surface area contributed by atoms with Crippen molar-refractivity contribution < 1.29 is 13.2 Å². The quantitative estimate of drug-likeness (QED) is 0.539. The van der Waals surface area contributed by atoms with Crippen LogP contribution >= 0.6 is 11.6 Å². The van der Waals surface area contributed by atoms with Crippen LogP contribution in [-0.4, -0.2) is 42.0 Å². The largest absolute Gasteiger partial charge is 0.355 e. The van der Waals surface area contributed by atoms with Crippen molar-refractivity contribution in [1.82, 2.24) is 24.6 Å². The second kappa shape index (κ2) is 8.68. The summed E-state index contributed by atoms with van der Waals surface area (Å²) in [6.45, 7) is 1.99. The molecule has 3 aromatic rings. The fourth-order valence-electron chi connectivity index (χ4n) is 2.62. The summed E-state index contributed by atoms with van der Waals surface area (Å²) >= 11 is 5.80. The number of halogens is 1. The zero-order chi connectivity index (χ0) is 20.1. The van der Waals surface area contributed by atoms with Gasteiger partial charge in [0.2, 0.25) is 15.9 Å². The molecule has 0 fully saturated rings. The van der Waals surface area contributed by atoms with Gasteiger partial charge in [-0.1, -0.05) is 17.7 Å². The van der Waals surface area contributed by atoms with Crippen molar-refractivity contribution in [2.75, 3.05) is 13.1 Å². The van der Waals surface area contributed by atoms with Crippen molar-refractivity contribution in [2.45, 2.75) is 24.7 Å². The molecular formula is C18H20ClN5O3S. The lowest BCUT2D eigenvalue weighted by atomic mass is 10.2. The highest BCUT2D eigenvalue weighted by Gasteiger charge is 2.15. The topological polar surface area (TPSA) is 105 Å². The third-order valence-electron chi connectivity index (χ3n) is 3.98. The smallest absolute Gasteiger partial charge is 0.241 e. The van der Waals surface area contributed by atoms with Crippen LogP contribution in [0.5, 0.6) is 0 Å². The number of aromatic nitrogens is 3. The Kier molecular flexibility index (Phi) is 6.28. The Balaban J connectivity index is 1.42. The van der Waals surface area contributed by atoms with E-state index in [0.29, 0.717) is 18.0 Å². The summed E-state index contributed by atoms with van der Waals surface area (Å²) in [5.41, 5.74) is 2.70. The van der Waals surface area contributed by atoms with Crippen LogP contribution in [-0.2, 0) is 21.2 Å². The van der Waals surface area contributed by atoms with Crippen molar-refractivity contribution >= 4 is 33.2 Å². The van der Waals surface area contributed by atoms with Gasteiger partial charge in [-0.25, -0.2) is 22.6 Å². The Morgan fingerprint density at radius 1 is 1.29 bits per heavy atom. The van der Waals surface area contributed by atoms with E-state index < -0.39 is 15.9 Å². The van der Waals surface area contributed by atoms with Crippen LogP contribution in [0, 0.1) is 6.92 Å². The molecule has 0 unspecified atom stereocenters. The van der Waals surface area contributed by atoms with Crippen molar-refractivity contribution in [3.05, 3.63) is 59.0 Å². The first-order chi connectivity index (χ1) is 13.3. The third kappa shape index (κ3) is 5.28. The van der Waals surface area contributed by atoms with Crippen molar-refractivity contribution in [3.63, 3.8) is 0 Å². The van der Waals surface area contributed by atoms with E-state index in [1.54, 1.807) is 16.8 Å². The standard InChI is InChI=1S/C18H20ClN5O3S/c1-13-8-17-21-10-14(12-24(17)23-13)4-3-7-20-18(25)11-22-28(26,27)16-6-2-5-15(19)9-16/h2,5-6,8-10,12,22H,3-4,7,11H2,1H3,(H,20,25).